The van der Waals surface area contributed by atoms with Crippen molar-refractivity contribution < 1.29 is 0 Å². The maximum Gasteiger partial charge on any atom is 0.0374 e. The van der Waals surface area contributed by atoms with E-state index in [2.05, 4.69) is 41.8 Å². The molecule has 16 heavy (non-hydrogen) atoms. The number of aryl methyl sites for hydroxylation is 1. The summed E-state index contributed by atoms with van der Waals surface area (Å²) in [5.41, 5.74) is 2.81. The van der Waals surface area contributed by atoms with Crippen molar-refractivity contribution in [2.75, 3.05) is 18.4 Å². The Bertz CT molecular complexity index is 316. The largest absolute Gasteiger partial charge is 0.382 e. The molecular formula is C14H22N2. The van der Waals surface area contributed by atoms with Crippen LogP contribution in [-0.4, -0.2) is 19.1 Å². The predicted molar refractivity (Wildman–Crippen MR) is 70.0 cm³/mol. The Kier molecular flexibility index (Phi) is 4.23. The second-order valence-corrected chi connectivity index (χ2v) is 4.58. The zero-order valence-corrected chi connectivity index (χ0v) is 10.1. The summed E-state index contributed by atoms with van der Waals surface area (Å²) in [6, 6.07) is 9.38. The fourth-order valence-corrected chi connectivity index (χ4v) is 2.33. The van der Waals surface area contributed by atoms with Crippen LogP contribution in [-0.2, 0) is 6.42 Å². The van der Waals surface area contributed by atoms with Crippen LogP contribution in [0.3, 0.4) is 0 Å². The number of hydrogen-bond acceptors (Lipinski definition) is 2. The SMILES string of the molecule is CCCc1ccccc1NC1CCNCC1. The van der Waals surface area contributed by atoms with Crippen LogP contribution < -0.4 is 10.6 Å². The number of hydrogen-bond donors (Lipinski definition) is 2. The van der Waals surface area contributed by atoms with E-state index in [1.54, 1.807) is 0 Å². The van der Waals surface area contributed by atoms with Gasteiger partial charge in [0.25, 0.3) is 0 Å². The zero-order valence-electron chi connectivity index (χ0n) is 10.1. The van der Waals surface area contributed by atoms with Crippen molar-refractivity contribution in [1.29, 1.82) is 0 Å². The Morgan fingerprint density at radius 1 is 1.25 bits per heavy atom. The third kappa shape index (κ3) is 2.99. The Balaban J connectivity index is 2.01. The molecule has 1 fully saturated rings. The molecule has 0 radical (unpaired) electrons. The lowest BCUT2D eigenvalue weighted by molar-refractivity contribution is 0.479. The van der Waals surface area contributed by atoms with Gasteiger partial charge in [-0.3, -0.25) is 0 Å². The highest BCUT2D eigenvalue weighted by Gasteiger charge is 2.13. The van der Waals surface area contributed by atoms with Gasteiger partial charge in [-0.25, -0.2) is 0 Å². The van der Waals surface area contributed by atoms with Crippen molar-refractivity contribution in [2.45, 2.75) is 38.6 Å². The van der Waals surface area contributed by atoms with Crippen molar-refractivity contribution in [3.05, 3.63) is 29.8 Å². The summed E-state index contributed by atoms with van der Waals surface area (Å²) in [5, 5.41) is 7.09. The molecule has 0 saturated carbocycles. The van der Waals surface area contributed by atoms with Crippen LogP contribution in [0.25, 0.3) is 0 Å². The van der Waals surface area contributed by atoms with Crippen molar-refractivity contribution in [3.63, 3.8) is 0 Å². The van der Waals surface area contributed by atoms with Crippen molar-refractivity contribution in [2.24, 2.45) is 0 Å². The van der Waals surface area contributed by atoms with Crippen LogP contribution in [0.2, 0.25) is 0 Å². The number of anilines is 1. The lowest BCUT2D eigenvalue weighted by Gasteiger charge is -2.25. The summed E-state index contributed by atoms with van der Waals surface area (Å²) < 4.78 is 0. The molecule has 2 rings (SSSR count). The number of benzene rings is 1. The maximum absolute atomic E-state index is 3.69. The Hall–Kier alpha value is -1.02. The molecule has 0 aliphatic carbocycles. The zero-order chi connectivity index (χ0) is 11.2. The summed E-state index contributed by atoms with van der Waals surface area (Å²) in [5.74, 6) is 0. The lowest BCUT2D eigenvalue weighted by atomic mass is 10.0. The molecule has 0 amide bonds. The van der Waals surface area contributed by atoms with Crippen LogP contribution in [0.1, 0.15) is 31.7 Å². The maximum atomic E-state index is 3.69. The first kappa shape index (κ1) is 11.5. The van der Waals surface area contributed by atoms with E-state index in [1.807, 2.05) is 0 Å². The highest BCUT2D eigenvalue weighted by Crippen LogP contribution is 2.19. The molecule has 0 aromatic heterocycles. The monoisotopic (exact) mass is 218 g/mol. The van der Waals surface area contributed by atoms with Gasteiger partial charge < -0.3 is 10.6 Å². The molecular weight excluding hydrogens is 196 g/mol. The molecule has 1 aromatic rings. The summed E-state index contributed by atoms with van der Waals surface area (Å²) >= 11 is 0. The molecule has 2 nitrogen and oxygen atoms in total. The normalized spacial score (nSPS) is 17.3. The van der Waals surface area contributed by atoms with Crippen LogP contribution in [0.5, 0.6) is 0 Å². The molecule has 0 atom stereocenters. The number of para-hydroxylation sites is 1. The number of nitrogens with one attached hydrogen (secondary N) is 2. The average molecular weight is 218 g/mol. The van der Waals surface area contributed by atoms with Gasteiger partial charge in [-0.2, -0.15) is 0 Å². The molecule has 1 aliphatic heterocycles. The van der Waals surface area contributed by atoms with Crippen LogP contribution >= 0.6 is 0 Å². The van der Waals surface area contributed by atoms with E-state index in [0.717, 1.165) is 13.1 Å². The highest BCUT2D eigenvalue weighted by molar-refractivity contribution is 5.51. The molecule has 1 aromatic carbocycles. The van der Waals surface area contributed by atoms with Crippen LogP contribution in [0, 0.1) is 0 Å². The summed E-state index contributed by atoms with van der Waals surface area (Å²) in [6.45, 7) is 4.53. The van der Waals surface area contributed by atoms with Crippen LogP contribution in [0.4, 0.5) is 5.69 Å². The topological polar surface area (TPSA) is 24.1 Å². The van der Waals surface area contributed by atoms with E-state index in [4.69, 9.17) is 0 Å². The van der Waals surface area contributed by atoms with Gasteiger partial charge in [0.05, 0.1) is 0 Å². The second-order valence-electron chi connectivity index (χ2n) is 4.58. The Morgan fingerprint density at radius 2 is 2.00 bits per heavy atom. The van der Waals surface area contributed by atoms with E-state index in [1.165, 1.54) is 36.9 Å². The fourth-order valence-electron chi connectivity index (χ4n) is 2.33. The van der Waals surface area contributed by atoms with E-state index in [0.29, 0.717) is 6.04 Å². The van der Waals surface area contributed by atoms with E-state index < -0.39 is 0 Å². The molecule has 2 heteroatoms. The Labute approximate surface area is 98.4 Å². The third-order valence-corrected chi connectivity index (χ3v) is 3.24. The van der Waals surface area contributed by atoms with Gasteiger partial charge in [0.1, 0.15) is 0 Å². The lowest BCUT2D eigenvalue weighted by Crippen LogP contribution is -2.35. The fraction of sp³-hybridized carbons (Fsp3) is 0.571. The summed E-state index contributed by atoms with van der Waals surface area (Å²) in [6.07, 6.45) is 4.86. The molecule has 1 aliphatic rings. The smallest absolute Gasteiger partial charge is 0.0374 e. The minimum Gasteiger partial charge on any atom is -0.382 e. The van der Waals surface area contributed by atoms with Crippen molar-refractivity contribution in [3.8, 4) is 0 Å². The standard InChI is InChI=1S/C14H22N2/c1-2-5-12-6-3-4-7-14(12)16-13-8-10-15-11-9-13/h3-4,6-7,13,15-16H,2,5,8-11H2,1H3. The average Bonchev–Trinajstić information content (AvgIpc) is 2.33. The van der Waals surface area contributed by atoms with Gasteiger partial charge >= 0.3 is 0 Å². The summed E-state index contributed by atoms with van der Waals surface area (Å²) in [4.78, 5) is 0. The molecule has 0 spiro atoms. The summed E-state index contributed by atoms with van der Waals surface area (Å²) in [7, 11) is 0. The van der Waals surface area contributed by atoms with Gasteiger partial charge in [0.15, 0.2) is 0 Å². The first-order valence-electron chi connectivity index (χ1n) is 6.45. The molecule has 88 valence electrons. The van der Waals surface area contributed by atoms with Crippen LogP contribution in [0.15, 0.2) is 24.3 Å². The quantitative estimate of drug-likeness (QED) is 0.812. The van der Waals surface area contributed by atoms with Gasteiger partial charge in [0, 0.05) is 11.7 Å². The van der Waals surface area contributed by atoms with E-state index >= 15 is 0 Å². The molecule has 1 heterocycles. The highest BCUT2D eigenvalue weighted by atomic mass is 15.0. The van der Waals surface area contributed by atoms with Gasteiger partial charge in [-0.1, -0.05) is 31.5 Å². The van der Waals surface area contributed by atoms with E-state index in [-0.39, 0.29) is 0 Å². The molecule has 2 N–H and O–H groups in total. The predicted octanol–water partition coefficient (Wildman–Crippen LogP) is 2.80. The third-order valence-electron chi connectivity index (χ3n) is 3.24. The molecule has 0 unspecified atom stereocenters. The first-order valence-corrected chi connectivity index (χ1v) is 6.45. The van der Waals surface area contributed by atoms with Gasteiger partial charge in [-0.15, -0.1) is 0 Å². The van der Waals surface area contributed by atoms with Gasteiger partial charge in [0.2, 0.25) is 0 Å². The van der Waals surface area contributed by atoms with Crippen molar-refractivity contribution in [1.82, 2.24) is 5.32 Å². The minimum absolute atomic E-state index is 0.652. The van der Waals surface area contributed by atoms with Gasteiger partial charge in [-0.05, 0) is 44.0 Å². The molecule has 0 bridgehead atoms. The molecule has 1 saturated heterocycles. The number of rotatable bonds is 4. The first-order chi connectivity index (χ1) is 7.90. The Morgan fingerprint density at radius 3 is 2.75 bits per heavy atom. The van der Waals surface area contributed by atoms with Crippen molar-refractivity contribution >= 4 is 5.69 Å². The minimum atomic E-state index is 0.652. The number of piperidine rings is 1. The van der Waals surface area contributed by atoms with E-state index in [9.17, 15) is 0 Å². The second kappa shape index (κ2) is 5.90.